The Bertz CT molecular complexity index is 551. The van der Waals surface area contributed by atoms with Crippen molar-refractivity contribution in [3.05, 3.63) is 42.5 Å². The van der Waals surface area contributed by atoms with Crippen molar-refractivity contribution in [2.45, 2.75) is 25.9 Å². The van der Waals surface area contributed by atoms with E-state index < -0.39 is 15.6 Å². The van der Waals surface area contributed by atoms with Crippen LogP contribution in [0.4, 0.5) is 0 Å². The van der Waals surface area contributed by atoms with Crippen molar-refractivity contribution in [2.24, 2.45) is 0 Å². The minimum atomic E-state index is -3.21. The number of benzene rings is 1. The van der Waals surface area contributed by atoms with Crippen LogP contribution in [0.15, 0.2) is 36.9 Å². The van der Waals surface area contributed by atoms with Crippen LogP contribution in [0.1, 0.15) is 19.4 Å². The quantitative estimate of drug-likeness (QED) is 0.681. The Labute approximate surface area is 127 Å². The van der Waals surface area contributed by atoms with Gasteiger partial charge in [0.1, 0.15) is 12.4 Å². The van der Waals surface area contributed by atoms with Gasteiger partial charge in [-0.1, -0.05) is 24.8 Å². The summed E-state index contributed by atoms with van der Waals surface area (Å²) < 4.78 is 30.5. The van der Waals surface area contributed by atoms with Gasteiger partial charge in [0.05, 0.1) is 6.26 Å². The monoisotopic (exact) mass is 312 g/mol. The molecule has 0 radical (unpaired) electrons. The number of sulfonamides is 1. The smallest absolute Gasteiger partial charge is 0.209 e. The Balaban J connectivity index is 2.43. The normalized spacial score (nSPS) is 12.1. The number of ether oxygens (including phenoxy) is 1. The van der Waals surface area contributed by atoms with E-state index in [9.17, 15) is 8.42 Å². The van der Waals surface area contributed by atoms with Crippen molar-refractivity contribution in [2.75, 3.05) is 19.4 Å². The fraction of sp³-hybridized carbons (Fsp3) is 0.467. The Morgan fingerprint density at radius 1 is 1.29 bits per heavy atom. The fourth-order valence-electron chi connectivity index (χ4n) is 1.92. The summed E-state index contributed by atoms with van der Waals surface area (Å²) in [5, 5.41) is 3.24. The lowest BCUT2D eigenvalue weighted by atomic mass is 10.1. The molecule has 0 aliphatic rings. The molecule has 0 aliphatic carbocycles. The van der Waals surface area contributed by atoms with Gasteiger partial charge in [-0.25, -0.2) is 13.1 Å². The summed E-state index contributed by atoms with van der Waals surface area (Å²) in [5.74, 6) is 0.803. The van der Waals surface area contributed by atoms with E-state index in [0.717, 1.165) is 17.6 Å². The van der Waals surface area contributed by atoms with Crippen LogP contribution in [-0.2, 0) is 16.6 Å². The van der Waals surface area contributed by atoms with Gasteiger partial charge in [-0.3, -0.25) is 0 Å². The molecule has 5 nitrogen and oxygen atoms in total. The molecule has 0 heterocycles. The van der Waals surface area contributed by atoms with E-state index in [1.54, 1.807) is 6.08 Å². The zero-order valence-corrected chi connectivity index (χ0v) is 13.7. The van der Waals surface area contributed by atoms with Gasteiger partial charge < -0.3 is 10.1 Å². The second kappa shape index (κ2) is 7.59. The van der Waals surface area contributed by atoms with E-state index in [1.807, 2.05) is 38.1 Å². The molecule has 1 aromatic rings. The molecule has 0 unspecified atom stereocenters. The highest BCUT2D eigenvalue weighted by Gasteiger charge is 2.21. The number of hydrogen-bond donors (Lipinski definition) is 2. The molecule has 0 aromatic heterocycles. The van der Waals surface area contributed by atoms with Crippen LogP contribution in [-0.4, -0.2) is 33.4 Å². The Hall–Kier alpha value is -1.37. The highest BCUT2D eigenvalue weighted by atomic mass is 32.2. The standard InChI is InChI=1S/C15H24N2O3S/c1-5-10-20-14-8-6-13(7-9-14)11-16-12-15(2,3)17-21(4,18)19/h5-9,16-17H,1,10-12H2,2-4H3. The molecule has 0 spiro atoms. The maximum absolute atomic E-state index is 11.2. The molecule has 0 aliphatic heterocycles. The van der Waals surface area contributed by atoms with E-state index in [4.69, 9.17) is 4.74 Å². The topological polar surface area (TPSA) is 67.4 Å². The molecule has 1 rings (SSSR count). The average molecular weight is 312 g/mol. The first-order valence-corrected chi connectivity index (χ1v) is 8.63. The van der Waals surface area contributed by atoms with Gasteiger partial charge in [-0.05, 0) is 31.5 Å². The second-order valence-electron chi connectivity index (χ2n) is 5.61. The Kier molecular flexibility index (Phi) is 6.39. The fourth-order valence-corrected chi connectivity index (χ4v) is 2.99. The van der Waals surface area contributed by atoms with Crippen LogP contribution in [0.2, 0.25) is 0 Å². The van der Waals surface area contributed by atoms with Crippen LogP contribution in [0.5, 0.6) is 5.75 Å². The summed E-state index contributed by atoms with van der Waals surface area (Å²) >= 11 is 0. The maximum Gasteiger partial charge on any atom is 0.209 e. The molecule has 0 saturated carbocycles. The molecular weight excluding hydrogens is 288 g/mol. The summed E-state index contributed by atoms with van der Waals surface area (Å²) in [6, 6.07) is 7.76. The first-order valence-electron chi connectivity index (χ1n) is 6.74. The molecule has 21 heavy (non-hydrogen) atoms. The van der Waals surface area contributed by atoms with Crippen LogP contribution >= 0.6 is 0 Å². The largest absolute Gasteiger partial charge is 0.490 e. The van der Waals surface area contributed by atoms with E-state index in [-0.39, 0.29) is 0 Å². The van der Waals surface area contributed by atoms with Crippen LogP contribution < -0.4 is 14.8 Å². The third-order valence-electron chi connectivity index (χ3n) is 2.65. The molecule has 0 bridgehead atoms. The second-order valence-corrected chi connectivity index (χ2v) is 7.35. The van der Waals surface area contributed by atoms with Gasteiger partial charge in [-0.15, -0.1) is 0 Å². The van der Waals surface area contributed by atoms with Crippen LogP contribution in [0.3, 0.4) is 0 Å². The zero-order chi connectivity index (χ0) is 15.9. The van der Waals surface area contributed by atoms with Gasteiger partial charge in [0, 0.05) is 18.6 Å². The SMILES string of the molecule is C=CCOc1ccc(CNCC(C)(C)NS(C)(=O)=O)cc1. The summed E-state index contributed by atoms with van der Waals surface area (Å²) in [5.41, 5.74) is 0.580. The maximum atomic E-state index is 11.2. The number of nitrogens with one attached hydrogen (secondary N) is 2. The molecule has 0 amide bonds. The van der Waals surface area contributed by atoms with E-state index in [1.165, 1.54) is 0 Å². The molecular formula is C15H24N2O3S. The summed E-state index contributed by atoms with van der Waals surface area (Å²) in [4.78, 5) is 0. The Morgan fingerprint density at radius 2 is 1.90 bits per heavy atom. The van der Waals surface area contributed by atoms with Gasteiger partial charge in [0.25, 0.3) is 0 Å². The van der Waals surface area contributed by atoms with Gasteiger partial charge >= 0.3 is 0 Å². The third kappa shape index (κ3) is 7.84. The van der Waals surface area contributed by atoms with Crippen LogP contribution in [0, 0.1) is 0 Å². The van der Waals surface area contributed by atoms with Crippen molar-refractivity contribution in [1.82, 2.24) is 10.0 Å². The summed E-state index contributed by atoms with van der Waals surface area (Å²) in [6.07, 6.45) is 2.86. The number of hydrogen-bond acceptors (Lipinski definition) is 4. The average Bonchev–Trinajstić information content (AvgIpc) is 2.34. The lowest BCUT2D eigenvalue weighted by molar-refractivity contribution is 0.363. The highest BCUT2D eigenvalue weighted by Crippen LogP contribution is 2.12. The molecule has 0 saturated heterocycles. The first kappa shape index (κ1) is 17.7. The van der Waals surface area contributed by atoms with Crippen molar-refractivity contribution in [1.29, 1.82) is 0 Å². The van der Waals surface area contributed by atoms with Gasteiger partial charge in [-0.2, -0.15) is 0 Å². The molecule has 118 valence electrons. The minimum absolute atomic E-state index is 0.489. The van der Waals surface area contributed by atoms with E-state index in [2.05, 4.69) is 16.6 Å². The zero-order valence-electron chi connectivity index (χ0n) is 12.8. The molecule has 0 atom stereocenters. The predicted octanol–water partition coefficient (Wildman–Crippen LogP) is 1.67. The first-order chi connectivity index (χ1) is 9.72. The molecule has 2 N–H and O–H groups in total. The van der Waals surface area contributed by atoms with E-state index >= 15 is 0 Å². The highest BCUT2D eigenvalue weighted by molar-refractivity contribution is 7.88. The lowest BCUT2D eigenvalue weighted by Crippen LogP contribution is -2.49. The summed E-state index contributed by atoms with van der Waals surface area (Å²) in [6.45, 7) is 8.97. The van der Waals surface area contributed by atoms with Crippen LogP contribution in [0.25, 0.3) is 0 Å². The molecule has 0 fully saturated rings. The number of rotatable bonds is 9. The molecule has 1 aromatic carbocycles. The lowest BCUT2D eigenvalue weighted by Gasteiger charge is -2.25. The Morgan fingerprint density at radius 3 is 2.43 bits per heavy atom. The van der Waals surface area contributed by atoms with Crippen molar-refractivity contribution < 1.29 is 13.2 Å². The summed E-state index contributed by atoms with van der Waals surface area (Å²) in [7, 11) is -3.21. The van der Waals surface area contributed by atoms with Crippen molar-refractivity contribution in [3.63, 3.8) is 0 Å². The van der Waals surface area contributed by atoms with E-state index in [0.29, 0.717) is 19.7 Å². The minimum Gasteiger partial charge on any atom is -0.490 e. The third-order valence-corrected chi connectivity index (χ3v) is 3.57. The molecule has 6 heteroatoms. The van der Waals surface area contributed by atoms with Crippen molar-refractivity contribution in [3.8, 4) is 5.75 Å². The van der Waals surface area contributed by atoms with Crippen molar-refractivity contribution >= 4 is 10.0 Å². The van der Waals surface area contributed by atoms with Gasteiger partial charge in [0.2, 0.25) is 10.0 Å². The predicted molar refractivity (Wildman–Crippen MR) is 85.9 cm³/mol. The van der Waals surface area contributed by atoms with Gasteiger partial charge in [0.15, 0.2) is 0 Å².